The Kier molecular flexibility index (Phi) is 7.74. The maximum atomic E-state index is 12.2. The first-order chi connectivity index (χ1) is 14.6. The molecule has 0 aliphatic carbocycles. The smallest absolute Gasteiger partial charge is 0.245 e. The number of benzene rings is 2. The van der Waals surface area contributed by atoms with Gasteiger partial charge in [-0.2, -0.15) is 0 Å². The average molecular weight is 410 g/mol. The third-order valence-corrected chi connectivity index (χ3v) is 5.55. The highest BCUT2D eigenvalue weighted by Gasteiger charge is 2.19. The molecule has 1 fully saturated rings. The molecule has 1 amide bonds. The van der Waals surface area contributed by atoms with Crippen LogP contribution in [0.2, 0.25) is 0 Å². The lowest BCUT2D eigenvalue weighted by Crippen LogP contribution is -2.42. The van der Waals surface area contributed by atoms with Crippen LogP contribution in [-0.2, 0) is 11.2 Å². The van der Waals surface area contributed by atoms with Crippen molar-refractivity contribution in [1.82, 2.24) is 10.2 Å². The number of hydrogen-bond donors (Lipinski definition) is 2. The number of nitrogens with one attached hydrogen (secondary N) is 1. The summed E-state index contributed by atoms with van der Waals surface area (Å²) in [6.45, 7) is 2.57. The number of nitrogens with zero attached hydrogens (tertiary/aromatic N) is 1. The van der Waals surface area contributed by atoms with E-state index >= 15 is 0 Å². The van der Waals surface area contributed by atoms with Crippen molar-refractivity contribution >= 4 is 17.7 Å². The van der Waals surface area contributed by atoms with Gasteiger partial charge in [0.2, 0.25) is 5.91 Å². The minimum absolute atomic E-state index is 0.143. The summed E-state index contributed by atoms with van der Waals surface area (Å²) < 4.78 is 10.5. The van der Waals surface area contributed by atoms with Crippen molar-refractivity contribution in [3.63, 3.8) is 0 Å². The van der Waals surface area contributed by atoms with Crippen molar-refractivity contribution in [3.8, 4) is 11.5 Å². The molecule has 2 aromatic carbocycles. The van der Waals surface area contributed by atoms with Crippen LogP contribution in [0.5, 0.6) is 11.5 Å². The molecule has 0 bridgehead atoms. The van der Waals surface area contributed by atoms with Crippen LogP contribution in [0.25, 0.3) is 6.08 Å². The topological polar surface area (TPSA) is 76.8 Å². The normalized spacial score (nSPS) is 15.3. The van der Waals surface area contributed by atoms with Gasteiger partial charge in [0.25, 0.3) is 0 Å². The maximum absolute atomic E-state index is 12.2. The number of hydrogen-bond acceptors (Lipinski definition) is 5. The molecule has 0 saturated carbocycles. The Morgan fingerprint density at radius 2 is 1.80 bits per heavy atom. The first kappa shape index (κ1) is 21.7. The van der Waals surface area contributed by atoms with Gasteiger partial charge in [0.05, 0.1) is 20.9 Å². The lowest BCUT2D eigenvalue weighted by molar-refractivity contribution is -0.117. The van der Waals surface area contributed by atoms with Crippen molar-refractivity contribution in [2.24, 2.45) is 5.92 Å². The van der Waals surface area contributed by atoms with Gasteiger partial charge in [-0.15, -0.1) is 0 Å². The number of carbonyl (C=O) groups is 1. The van der Waals surface area contributed by atoms with E-state index in [1.165, 1.54) is 11.6 Å². The molecule has 0 atom stereocenters. The predicted octanol–water partition coefficient (Wildman–Crippen LogP) is 3.33. The molecule has 0 radical (unpaired) electrons. The predicted molar refractivity (Wildman–Crippen MR) is 120 cm³/mol. The van der Waals surface area contributed by atoms with Gasteiger partial charge in [-0.1, -0.05) is 30.3 Å². The van der Waals surface area contributed by atoms with Gasteiger partial charge < -0.3 is 20.5 Å². The number of likely N-dealkylation sites (tertiary alicyclic amines) is 1. The van der Waals surface area contributed by atoms with Crippen LogP contribution in [0.1, 0.15) is 24.0 Å². The summed E-state index contributed by atoms with van der Waals surface area (Å²) in [6.07, 6.45) is 6.64. The summed E-state index contributed by atoms with van der Waals surface area (Å²) in [5, 5.41) is 2.96. The monoisotopic (exact) mass is 409 g/mol. The highest BCUT2D eigenvalue weighted by atomic mass is 16.5. The average Bonchev–Trinajstić information content (AvgIpc) is 2.78. The number of methoxy groups -OCH3 is 2. The Hall–Kier alpha value is -2.99. The summed E-state index contributed by atoms with van der Waals surface area (Å²) >= 11 is 0. The first-order valence-electron chi connectivity index (χ1n) is 10.3. The van der Waals surface area contributed by atoms with Crippen molar-refractivity contribution in [2.45, 2.75) is 19.3 Å². The second kappa shape index (κ2) is 10.7. The van der Waals surface area contributed by atoms with Crippen LogP contribution in [0.15, 0.2) is 48.5 Å². The van der Waals surface area contributed by atoms with Gasteiger partial charge in [0, 0.05) is 36.5 Å². The third-order valence-electron chi connectivity index (χ3n) is 5.55. The lowest BCUT2D eigenvalue weighted by atomic mass is 9.90. The minimum Gasteiger partial charge on any atom is -0.493 e. The maximum Gasteiger partial charge on any atom is 0.245 e. The number of nitrogen functional groups attached to an aromatic ring is 1. The van der Waals surface area contributed by atoms with Crippen molar-refractivity contribution in [3.05, 3.63) is 59.7 Å². The Bertz CT molecular complexity index is 859. The van der Waals surface area contributed by atoms with Crippen LogP contribution in [-0.4, -0.2) is 44.8 Å². The standard InChI is InChI=1S/C24H31N3O3/c1-29-22-15-20(21(25)16-23(22)30-2)8-9-24(28)26-17-27-12-10-19(11-13-27)14-18-6-4-3-5-7-18/h3-9,15-16,19H,10-14,17,25H2,1-2H3,(H,26,28)/b9-8+. The molecule has 1 aliphatic heterocycles. The SMILES string of the molecule is COc1cc(N)c(/C=C/C(=O)NCN2CCC(Cc3ccccc3)CC2)cc1OC. The van der Waals surface area contributed by atoms with E-state index in [0.29, 0.717) is 35.3 Å². The van der Waals surface area contributed by atoms with Gasteiger partial charge in [-0.25, -0.2) is 0 Å². The van der Waals surface area contributed by atoms with Crippen LogP contribution >= 0.6 is 0 Å². The van der Waals surface area contributed by atoms with E-state index in [0.717, 1.165) is 32.4 Å². The van der Waals surface area contributed by atoms with Crippen molar-refractivity contribution < 1.29 is 14.3 Å². The fraction of sp³-hybridized carbons (Fsp3) is 0.375. The van der Waals surface area contributed by atoms with E-state index in [4.69, 9.17) is 15.2 Å². The Morgan fingerprint density at radius 1 is 1.13 bits per heavy atom. The Labute approximate surface area is 178 Å². The molecule has 3 N–H and O–H groups in total. The molecule has 30 heavy (non-hydrogen) atoms. The third kappa shape index (κ3) is 6.00. The zero-order valence-corrected chi connectivity index (χ0v) is 17.8. The van der Waals surface area contributed by atoms with Crippen LogP contribution < -0.4 is 20.5 Å². The quantitative estimate of drug-likeness (QED) is 0.517. The van der Waals surface area contributed by atoms with E-state index in [1.54, 1.807) is 32.4 Å². The van der Waals surface area contributed by atoms with Crippen molar-refractivity contribution in [1.29, 1.82) is 0 Å². The Balaban J connectivity index is 1.44. The van der Waals surface area contributed by atoms with Crippen LogP contribution in [0.4, 0.5) is 5.69 Å². The second-order valence-corrected chi connectivity index (χ2v) is 7.62. The highest BCUT2D eigenvalue weighted by Crippen LogP contribution is 2.32. The molecule has 3 rings (SSSR count). The van der Waals surface area contributed by atoms with Gasteiger partial charge in [0.1, 0.15) is 0 Å². The molecule has 2 aromatic rings. The summed E-state index contributed by atoms with van der Waals surface area (Å²) in [7, 11) is 3.13. The van der Waals surface area contributed by atoms with Crippen molar-refractivity contribution in [2.75, 3.05) is 39.7 Å². The van der Waals surface area contributed by atoms with Gasteiger partial charge in [0.15, 0.2) is 11.5 Å². The number of ether oxygens (including phenoxy) is 2. The first-order valence-corrected chi connectivity index (χ1v) is 10.3. The largest absolute Gasteiger partial charge is 0.493 e. The van der Waals surface area contributed by atoms with Gasteiger partial charge in [-0.05, 0) is 42.9 Å². The second-order valence-electron chi connectivity index (χ2n) is 7.62. The van der Waals surface area contributed by atoms with E-state index in [2.05, 4.69) is 40.5 Å². The Morgan fingerprint density at radius 3 is 2.47 bits per heavy atom. The van der Waals surface area contributed by atoms with E-state index < -0.39 is 0 Å². The molecule has 0 unspecified atom stereocenters. The fourth-order valence-electron chi connectivity index (χ4n) is 3.76. The molecule has 1 heterocycles. The summed E-state index contributed by atoms with van der Waals surface area (Å²) in [4.78, 5) is 14.5. The highest BCUT2D eigenvalue weighted by molar-refractivity contribution is 5.92. The molecule has 0 aromatic heterocycles. The summed E-state index contributed by atoms with van der Waals surface area (Å²) in [5.41, 5.74) is 8.68. The lowest BCUT2D eigenvalue weighted by Gasteiger charge is -2.31. The molecular weight excluding hydrogens is 378 g/mol. The number of amides is 1. The fourth-order valence-corrected chi connectivity index (χ4v) is 3.76. The molecular formula is C24H31N3O3. The van der Waals surface area contributed by atoms with E-state index in [9.17, 15) is 4.79 Å². The zero-order chi connectivity index (χ0) is 21.3. The number of anilines is 1. The molecule has 6 heteroatoms. The molecule has 1 saturated heterocycles. The van der Waals surface area contributed by atoms with Crippen LogP contribution in [0.3, 0.4) is 0 Å². The van der Waals surface area contributed by atoms with E-state index in [1.807, 2.05) is 0 Å². The number of piperidine rings is 1. The van der Waals surface area contributed by atoms with Crippen LogP contribution in [0, 0.1) is 5.92 Å². The number of nitrogens with two attached hydrogens (primary N) is 1. The summed E-state index contributed by atoms with van der Waals surface area (Å²) in [5.74, 6) is 1.71. The summed E-state index contributed by atoms with van der Waals surface area (Å²) in [6, 6.07) is 14.1. The van der Waals surface area contributed by atoms with Gasteiger partial charge >= 0.3 is 0 Å². The zero-order valence-electron chi connectivity index (χ0n) is 17.8. The van der Waals surface area contributed by atoms with Gasteiger partial charge in [-0.3, -0.25) is 9.69 Å². The number of carbonyl (C=O) groups excluding carboxylic acids is 1. The number of rotatable bonds is 8. The molecule has 6 nitrogen and oxygen atoms in total. The molecule has 1 aliphatic rings. The van der Waals surface area contributed by atoms with E-state index in [-0.39, 0.29) is 5.91 Å². The molecule has 160 valence electrons. The molecule has 0 spiro atoms. The minimum atomic E-state index is -0.143.